The predicted octanol–water partition coefficient (Wildman–Crippen LogP) is 3.62. The van der Waals surface area contributed by atoms with Crippen molar-refractivity contribution in [3.05, 3.63) is 11.6 Å². The van der Waals surface area contributed by atoms with E-state index in [4.69, 9.17) is 0 Å². The third-order valence-corrected chi connectivity index (χ3v) is 3.09. The minimum Gasteiger partial charge on any atom is -0.478 e. The number of carboxylic acids is 1. The van der Waals surface area contributed by atoms with E-state index >= 15 is 0 Å². The van der Waals surface area contributed by atoms with Crippen LogP contribution in [0.25, 0.3) is 0 Å². The molecular weight excluding hydrogens is 188 g/mol. The Hall–Kier alpha value is -0.790. The van der Waals surface area contributed by atoms with E-state index < -0.39 is 5.97 Å². The van der Waals surface area contributed by atoms with Crippen LogP contribution in [0.15, 0.2) is 11.6 Å². The lowest BCUT2D eigenvalue weighted by Crippen LogP contribution is -2.19. The number of carbonyl (C=O) groups is 1. The Morgan fingerprint density at radius 2 is 1.73 bits per heavy atom. The van der Waals surface area contributed by atoms with Crippen molar-refractivity contribution in [3.8, 4) is 0 Å². The van der Waals surface area contributed by atoms with Gasteiger partial charge in [-0.3, -0.25) is 0 Å². The van der Waals surface area contributed by atoms with Crippen molar-refractivity contribution in [2.24, 2.45) is 11.3 Å². The van der Waals surface area contributed by atoms with Crippen LogP contribution in [0.3, 0.4) is 0 Å². The molecule has 1 rings (SSSR count). The molecular formula is C13H22O2. The van der Waals surface area contributed by atoms with Crippen molar-refractivity contribution in [2.45, 2.75) is 52.9 Å². The fourth-order valence-electron chi connectivity index (χ4n) is 2.18. The molecule has 2 heteroatoms. The highest BCUT2D eigenvalue weighted by atomic mass is 16.4. The van der Waals surface area contributed by atoms with Crippen LogP contribution in [0, 0.1) is 11.3 Å². The average Bonchev–Trinajstić information content (AvgIpc) is 2.13. The smallest absolute Gasteiger partial charge is 0.331 e. The molecule has 1 N–H and O–H groups in total. The summed E-state index contributed by atoms with van der Waals surface area (Å²) in [7, 11) is 0. The quantitative estimate of drug-likeness (QED) is 0.707. The number of hydrogen-bond donors (Lipinski definition) is 1. The van der Waals surface area contributed by atoms with Crippen molar-refractivity contribution in [2.75, 3.05) is 0 Å². The fourth-order valence-corrected chi connectivity index (χ4v) is 2.18. The van der Waals surface area contributed by atoms with Gasteiger partial charge in [0.1, 0.15) is 0 Å². The molecule has 0 bridgehead atoms. The standard InChI is InChI=1S/C13H22O2/c1-13(2,3)11(12(14)15)9-10-7-5-4-6-8-10/h9-10H,4-8H2,1-3H3,(H,14,15)/b11-9+. The zero-order valence-electron chi connectivity index (χ0n) is 10.0. The second kappa shape index (κ2) is 4.82. The van der Waals surface area contributed by atoms with E-state index in [9.17, 15) is 9.90 Å². The van der Waals surface area contributed by atoms with E-state index in [1.165, 1.54) is 19.3 Å². The zero-order chi connectivity index (χ0) is 11.5. The van der Waals surface area contributed by atoms with Gasteiger partial charge in [0, 0.05) is 5.57 Å². The van der Waals surface area contributed by atoms with E-state index in [1.54, 1.807) is 0 Å². The molecule has 1 aliphatic carbocycles. The largest absolute Gasteiger partial charge is 0.478 e. The number of rotatable bonds is 2. The molecule has 1 fully saturated rings. The highest BCUT2D eigenvalue weighted by Gasteiger charge is 2.25. The maximum absolute atomic E-state index is 11.2. The number of carboxylic acid groups (broad SMARTS) is 1. The van der Waals surface area contributed by atoms with Crippen molar-refractivity contribution in [1.29, 1.82) is 0 Å². The normalized spacial score (nSPS) is 20.3. The molecule has 0 aliphatic heterocycles. The monoisotopic (exact) mass is 210 g/mol. The van der Waals surface area contributed by atoms with Crippen LogP contribution in [0.2, 0.25) is 0 Å². The third-order valence-electron chi connectivity index (χ3n) is 3.09. The SMILES string of the molecule is CC(C)(C)/C(=C/C1CCCCC1)C(=O)O. The van der Waals surface area contributed by atoms with Crippen LogP contribution < -0.4 is 0 Å². The van der Waals surface area contributed by atoms with Gasteiger partial charge in [-0.25, -0.2) is 4.79 Å². The average molecular weight is 210 g/mol. The molecule has 15 heavy (non-hydrogen) atoms. The molecule has 0 aromatic heterocycles. The summed E-state index contributed by atoms with van der Waals surface area (Å²) >= 11 is 0. The van der Waals surface area contributed by atoms with E-state index in [0.29, 0.717) is 11.5 Å². The van der Waals surface area contributed by atoms with Crippen LogP contribution in [0.1, 0.15) is 52.9 Å². The van der Waals surface area contributed by atoms with Gasteiger partial charge in [0.25, 0.3) is 0 Å². The molecule has 0 unspecified atom stereocenters. The van der Waals surface area contributed by atoms with Gasteiger partial charge in [-0.1, -0.05) is 46.1 Å². The van der Waals surface area contributed by atoms with Gasteiger partial charge in [-0.2, -0.15) is 0 Å². The Balaban J connectivity index is 2.78. The first-order valence-corrected chi connectivity index (χ1v) is 5.87. The fraction of sp³-hybridized carbons (Fsp3) is 0.769. The Labute approximate surface area is 92.4 Å². The van der Waals surface area contributed by atoms with Crippen LogP contribution in [-0.4, -0.2) is 11.1 Å². The minimum absolute atomic E-state index is 0.247. The van der Waals surface area contributed by atoms with Crippen molar-refractivity contribution < 1.29 is 9.90 Å². The topological polar surface area (TPSA) is 37.3 Å². The van der Waals surface area contributed by atoms with Gasteiger partial charge < -0.3 is 5.11 Å². The molecule has 0 heterocycles. The molecule has 0 atom stereocenters. The second-order valence-corrected chi connectivity index (χ2v) is 5.53. The lowest BCUT2D eigenvalue weighted by Gasteiger charge is -2.24. The first-order chi connectivity index (χ1) is 6.91. The highest BCUT2D eigenvalue weighted by Crippen LogP contribution is 2.31. The van der Waals surface area contributed by atoms with Crippen LogP contribution in [0.4, 0.5) is 0 Å². The molecule has 0 radical (unpaired) electrons. The maximum atomic E-state index is 11.2. The number of hydrogen-bond acceptors (Lipinski definition) is 1. The summed E-state index contributed by atoms with van der Waals surface area (Å²) < 4.78 is 0. The summed E-state index contributed by atoms with van der Waals surface area (Å²) in [6, 6.07) is 0. The first kappa shape index (κ1) is 12.3. The highest BCUT2D eigenvalue weighted by molar-refractivity contribution is 5.87. The molecule has 1 saturated carbocycles. The van der Waals surface area contributed by atoms with Gasteiger partial charge in [-0.05, 0) is 24.2 Å². The Bertz CT molecular complexity index is 252. The molecule has 0 spiro atoms. The molecule has 0 aromatic carbocycles. The second-order valence-electron chi connectivity index (χ2n) is 5.53. The van der Waals surface area contributed by atoms with Crippen molar-refractivity contribution in [3.63, 3.8) is 0 Å². The van der Waals surface area contributed by atoms with Crippen molar-refractivity contribution in [1.82, 2.24) is 0 Å². The summed E-state index contributed by atoms with van der Waals surface area (Å²) in [6.45, 7) is 5.90. The zero-order valence-corrected chi connectivity index (χ0v) is 10.0. The summed E-state index contributed by atoms with van der Waals surface area (Å²) in [5.41, 5.74) is 0.331. The Morgan fingerprint density at radius 1 is 1.20 bits per heavy atom. The lowest BCUT2D eigenvalue weighted by atomic mass is 9.81. The van der Waals surface area contributed by atoms with Gasteiger partial charge in [0.05, 0.1) is 0 Å². The Kier molecular flexibility index (Phi) is 3.95. The Morgan fingerprint density at radius 3 is 2.13 bits per heavy atom. The van der Waals surface area contributed by atoms with Crippen LogP contribution in [0.5, 0.6) is 0 Å². The summed E-state index contributed by atoms with van der Waals surface area (Å²) in [6.07, 6.45) is 8.12. The summed E-state index contributed by atoms with van der Waals surface area (Å²) in [4.78, 5) is 11.2. The van der Waals surface area contributed by atoms with Gasteiger partial charge in [0.15, 0.2) is 0 Å². The van der Waals surface area contributed by atoms with E-state index in [0.717, 1.165) is 12.8 Å². The first-order valence-electron chi connectivity index (χ1n) is 5.87. The van der Waals surface area contributed by atoms with Gasteiger partial charge in [0.2, 0.25) is 0 Å². The number of allylic oxidation sites excluding steroid dienone is 1. The van der Waals surface area contributed by atoms with E-state index in [-0.39, 0.29) is 5.41 Å². The summed E-state index contributed by atoms with van der Waals surface area (Å²) in [5, 5.41) is 9.17. The van der Waals surface area contributed by atoms with Crippen molar-refractivity contribution >= 4 is 5.97 Å². The molecule has 0 amide bonds. The third kappa shape index (κ3) is 3.69. The predicted molar refractivity (Wildman–Crippen MR) is 61.7 cm³/mol. The summed E-state index contributed by atoms with van der Waals surface area (Å²) in [5.74, 6) is -0.267. The molecule has 0 saturated heterocycles. The van der Waals surface area contributed by atoms with Crippen LogP contribution in [-0.2, 0) is 4.79 Å². The van der Waals surface area contributed by atoms with E-state index in [2.05, 4.69) is 0 Å². The molecule has 2 nitrogen and oxygen atoms in total. The lowest BCUT2D eigenvalue weighted by molar-refractivity contribution is -0.133. The molecule has 0 aromatic rings. The van der Waals surface area contributed by atoms with Crippen LogP contribution >= 0.6 is 0 Å². The maximum Gasteiger partial charge on any atom is 0.331 e. The molecule has 1 aliphatic rings. The molecule has 86 valence electrons. The van der Waals surface area contributed by atoms with Gasteiger partial charge >= 0.3 is 5.97 Å². The minimum atomic E-state index is -0.756. The van der Waals surface area contributed by atoms with E-state index in [1.807, 2.05) is 26.8 Å². The number of aliphatic carboxylic acids is 1. The van der Waals surface area contributed by atoms with Gasteiger partial charge in [-0.15, -0.1) is 0 Å².